The molecule has 0 aliphatic heterocycles. The Labute approximate surface area is 121 Å². The van der Waals surface area contributed by atoms with Crippen molar-refractivity contribution in [2.24, 2.45) is 0 Å². The number of hydrogen-bond acceptors (Lipinski definition) is 5. The molecule has 3 rings (SSSR count). The van der Waals surface area contributed by atoms with Crippen molar-refractivity contribution in [1.29, 1.82) is 5.26 Å². The molecule has 0 saturated heterocycles. The zero-order valence-corrected chi connectivity index (χ0v) is 11.1. The molecule has 6 heteroatoms. The summed E-state index contributed by atoms with van der Waals surface area (Å²) >= 11 is 0. The maximum absolute atomic E-state index is 8.72. The molecule has 0 radical (unpaired) electrons. The molecule has 0 spiro atoms. The summed E-state index contributed by atoms with van der Waals surface area (Å²) in [5, 5.41) is 16.0. The lowest BCUT2D eigenvalue weighted by Gasteiger charge is -2.06. The molecule has 2 heterocycles. The molecular weight excluding hydrogens is 264 g/mol. The first kappa shape index (κ1) is 12.8. The van der Waals surface area contributed by atoms with Crippen molar-refractivity contribution in [3.63, 3.8) is 0 Å². The number of benzene rings is 1. The molecule has 0 saturated carbocycles. The molecule has 1 aromatic carbocycles. The molecule has 0 atom stereocenters. The monoisotopic (exact) mass is 276 g/mol. The highest BCUT2D eigenvalue weighted by Gasteiger charge is 1.99. The van der Waals surface area contributed by atoms with Gasteiger partial charge in [0.15, 0.2) is 0 Å². The van der Waals surface area contributed by atoms with E-state index in [4.69, 9.17) is 5.26 Å². The van der Waals surface area contributed by atoms with Crippen molar-refractivity contribution in [2.75, 3.05) is 5.32 Å². The van der Waals surface area contributed by atoms with E-state index in [1.165, 1.54) is 6.33 Å². The van der Waals surface area contributed by atoms with Crippen molar-refractivity contribution in [3.8, 4) is 11.8 Å². The van der Waals surface area contributed by atoms with Crippen molar-refractivity contribution >= 4 is 5.82 Å². The maximum atomic E-state index is 8.72. The van der Waals surface area contributed by atoms with E-state index in [9.17, 15) is 0 Å². The summed E-state index contributed by atoms with van der Waals surface area (Å²) in [4.78, 5) is 8.09. The SMILES string of the molecule is N#Cc1ccc(NCc2ccc(-n3cncn3)cc2)nc1. The summed E-state index contributed by atoms with van der Waals surface area (Å²) in [6, 6.07) is 13.6. The van der Waals surface area contributed by atoms with Crippen molar-refractivity contribution in [2.45, 2.75) is 6.54 Å². The van der Waals surface area contributed by atoms with Crippen molar-refractivity contribution in [1.82, 2.24) is 19.7 Å². The second-order valence-electron chi connectivity index (χ2n) is 4.40. The lowest BCUT2D eigenvalue weighted by atomic mass is 10.2. The highest BCUT2D eigenvalue weighted by molar-refractivity contribution is 5.40. The van der Waals surface area contributed by atoms with E-state index in [0.717, 1.165) is 17.1 Å². The zero-order chi connectivity index (χ0) is 14.5. The van der Waals surface area contributed by atoms with Crippen LogP contribution < -0.4 is 5.32 Å². The molecule has 3 aromatic rings. The van der Waals surface area contributed by atoms with Crippen molar-refractivity contribution in [3.05, 3.63) is 66.4 Å². The summed E-state index contributed by atoms with van der Waals surface area (Å²) in [6.45, 7) is 0.663. The summed E-state index contributed by atoms with van der Waals surface area (Å²) in [6.07, 6.45) is 4.72. The fourth-order valence-electron chi connectivity index (χ4n) is 1.87. The summed E-state index contributed by atoms with van der Waals surface area (Å²) in [7, 11) is 0. The molecule has 0 aliphatic carbocycles. The Kier molecular flexibility index (Phi) is 3.56. The van der Waals surface area contributed by atoms with Gasteiger partial charge in [0.2, 0.25) is 0 Å². The summed E-state index contributed by atoms with van der Waals surface area (Å²) in [5.74, 6) is 0.745. The average molecular weight is 276 g/mol. The standard InChI is InChI=1S/C15H12N6/c16-7-13-3-6-15(19-9-13)18-8-12-1-4-14(5-2-12)21-11-17-10-20-21/h1-6,9-11H,8H2,(H,18,19). The first-order chi connectivity index (χ1) is 10.3. The van der Waals surface area contributed by atoms with Crippen LogP contribution >= 0.6 is 0 Å². The van der Waals surface area contributed by atoms with Crippen LogP contribution in [-0.4, -0.2) is 19.7 Å². The van der Waals surface area contributed by atoms with E-state index in [2.05, 4.69) is 20.4 Å². The normalized spacial score (nSPS) is 10.0. The van der Waals surface area contributed by atoms with Gasteiger partial charge in [0.1, 0.15) is 24.5 Å². The minimum absolute atomic E-state index is 0.553. The minimum atomic E-state index is 0.553. The molecule has 21 heavy (non-hydrogen) atoms. The number of hydrogen-bond donors (Lipinski definition) is 1. The molecule has 6 nitrogen and oxygen atoms in total. The van der Waals surface area contributed by atoms with Gasteiger partial charge in [0, 0.05) is 12.7 Å². The van der Waals surface area contributed by atoms with E-state index in [0.29, 0.717) is 12.1 Å². The molecule has 0 aliphatic rings. The Hall–Kier alpha value is -3.20. The van der Waals surface area contributed by atoms with Gasteiger partial charge in [0.05, 0.1) is 11.3 Å². The van der Waals surface area contributed by atoms with Crippen LogP contribution in [0.3, 0.4) is 0 Å². The molecule has 0 amide bonds. The van der Waals surface area contributed by atoms with Gasteiger partial charge < -0.3 is 5.32 Å². The molecule has 102 valence electrons. The molecule has 2 aromatic heterocycles. The second kappa shape index (κ2) is 5.84. The van der Waals surface area contributed by atoms with Gasteiger partial charge in [-0.2, -0.15) is 10.4 Å². The van der Waals surface area contributed by atoms with Crippen LogP contribution in [-0.2, 0) is 6.54 Å². The third kappa shape index (κ3) is 3.04. The third-order valence-electron chi connectivity index (χ3n) is 2.99. The number of pyridine rings is 1. The Bertz CT molecular complexity index is 738. The number of nitrogens with zero attached hydrogens (tertiary/aromatic N) is 5. The van der Waals surface area contributed by atoms with Crippen LogP contribution in [0, 0.1) is 11.3 Å². The maximum Gasteiger partial charge on any atom is 0.138 e. The quantitative estimate of drug-likeness (QED) is 0.789. The fraction of sp³-hybridized carbons (Fsp3) is 0.0667. The lowest BCUT2D eigenvalue weighted by Crippen LogP contribution is -2.02. The van der Waals surface area contributed by atoms with E-state index in [1.54, 1.807) is 29.3 Å². The Morgan fingerprint density at radius 1 is 1.14 bits per heavy atom. The van der Waals surface area contributed by atoms with Gasteiger partial charge >= 0.3 is 0 Å². The zero-order valence-electron chi connectivity index (χ0n) is 11.1. The number of nitriles is 1. The first-order valence-electron chi connectivity index (χ1n) is 6.39. The van der Waals surface area contributed by atoms with Gasteiger partial charge in [-0.15, -0.1) is 0 Å². The molecule has 0 fully saturated rings. The predicted octanol–water partition coefficient (Wildman–Crippen LogP) is 2.15. The number of rotatable bonds is 4. The van der Waals surface area contributed by atoms with E-state index < -0.39 is 0 Å². The summed E-state index contributed by atoms with van der Waals surface area (Å²) in [5.41, 5.74) is 2.65. The fourth-order valence-corrected chi connectivity index (χ4v) is 1.87. The number of aromatic nitrogens is 4. The first-order valence-corrected chi connectivity index (χ1v) is 6.39. The van der Waals surface area contributed by atoms with E-state index >= 15 is 0 Å². The Morgan fingerprint density at radius 3 is 2.62 bits per heavy atom. The topological polar surface area (TPSA) is 79.4 Å². The smallest absolute Gasteiger partial charge is 0.138 e. The van der Waals surface area contributed by atoms with E-state index in [1.807, 2.05) is 30.3 Å². The van der Waals surface area contributed by atoms with Gasteiger partial charge in [0.25, 0.3) is 0 Å². The Balaban J connectivity index is 1.64. The molecule has 0 unspecified atom stereocenters. The van der Waals surface area contributed by atoms with Crippen LogP contribution in [0.15, 0.2) is 55.2 Å². The average Bonchev–Trinajstić information content (AvgIpc) is 3.08. The van der Waals surface area contributed by atoms with Crippen LogP contribution in [0.5, 0.6) is 0 Å². The van der Waals surface area contributed by atoms with Crippen LogP contribution in [0.2, 0.25) is 0 Å². The highest BCUT2D eigenvalue weighted by Crippen LogP contribution is 2.10. The minimum Gasteiger partial charge on any atom is -0.366 e. The third-order valence-corrected chi connectivity index (χ3v) is 2.99. The van der Waals surface area contributed by atoms with Gasteiger partial charge in [-0.3, -0.25) is 0 Å². The molecular formula is C15H12N6. The highest BCUT2D eigenvalue weighted by atomic mass is 15.3. The Morgan fingerprint density at radius 2 is 2.00 bits per heavy atom. The number of nitrogens with one attached hydrogen (secondary N) is 1. The van der Waals surface area contributed by atoms with Crippen LogP contribution in [0.25, 0.3) is 5.69 Å². The van der Waals surface area contributed by atoms with E-state index in [-0.39, 0.29) is 0 Å². The summed E-state index contributed by atoms with van der Waals surface area (Å²) < 4.78 is 1.71. The number of anilines is 1. The van der Waals surface area contributed by atoms with Crippen LogP contribution in [0.1, 0.15) is 11.1 Å². The van der Waals surface area contributed by atoms with Gasteiger partial charge in [-0.25, -0.2) is 14.6 Å². The predicted molar refractivity (Wildman–Crippen MR) is 77.6 cm³/mol. The molecule has 1 N–H and O–H groups in total. The van der Waals surface area contributed by atoms with Crippen molar-refractivity contribution < 1.29 is 0 Å². The largest absolute Gasteiger partial charge is 0.366 e. The van der Waals surface area contributed by atoms with Crippen LogP contribution in [0.4, 0.5) is 5.82 Å². The van der Waals surface area contributed by atoms with Gasteiger partial charge in [-0.05, 0) is 29.8 Å². The molecule has 0 bridgehead atoms. The van der Waals surface area contributed by atoms with Gasteiger partial charge in [-0.1, -0.05) is 12.1 Å². The second-order valence-corrected chi connectivity index (χ2v) is 4.40. The lowest BCUT2D eigenvalue weighted by molar-refractivity contribution is 0.877.